The molecule has 0 aliphatic rings. The molecule has 0 aromatic heterocycles. The van der Waals surface area contributed by atoms with E-state index in [0.29, 0.717) is 11.4 Å². The molecule has 0 atom stereocenters. The smallest absolute Gasteiger partial charge is 0.382 e. The molecule has 0 aliphatic heterocycles. The van der Waals surface area contributed by atoms with E-state index in [9.17, 15) is 9.59 Å². The van der Waals surface area contributed by atoms with Gasteiger partial charge in [-0.1, -0.05) is 12.1 Å². The van der Waals surface area contributed by atoms with Gasteiger partial charge in [-0.2, -0.15) is 0 Å². The first-order chi connectivity index (χ1) is 11.2. The minimum Gasteiger partial charge on any atom is -0.382 e. The maximum absolute atomic E-state index is 11.5. The van der Waals surface area contributed by atoms with E-state index in [2.05, 4.69) is 10.6 Å². The summed E-state index contributed by atoms with van der Waals surface area (Å²) in [5.41, 5.74) is 0.995. The number of ether oxygens (including phenoxy) is 2. The lowest BCUT2D eigenvalue weighted by Gasteiger charge is -2.16. The number of anilines is 2. The second kappa shape index (κ2) is 8.99. The first-order valence-electron chi connectivity index (χ1n) is 6.70. The summed E-state index contributed by atoms with van der Waals surface area (Å²) in [4.78, 5) is 25.4. The summed E-state index contributed by atoms with van der Waals surface area (Å²) in [5.74, 6) is 0. The van der Waals surface area contributed by atoms with Crippen molar-refractivity contribution in [2.45, 2.75) is 0 Å². The lowest BCUT2D eigenvalue weighted by Crippen LogP contribution is -2.29. The molecular weight excluding hydrogens is 352 g/mol. The molecule has 10 heteroatoms. The van der Waals surface area contributed by atoms with Crippen molar-refractivity contribution in [2.24, 2.45) is 0 Å². The van der Waals surface area contributed by atoms with Crippen molar-refractivity contribution in [3.8, 4) is 0 Å². The van der Waals surface area contributed by atoms with Gasteiger partial charge in [-0.15, -0.1) is 0 Å². The molecule has 2 amide bonds. The number of hydrogen-bond donors (Lipinski definition) is 2. The second-order valence-corrected chi connectivity index (χ2v) is 5.64. The van der Waals surface area contributed by atoms with Gasteiger partial charge in [-0.3, -0.25) is 0 Å². The van der Waals surface area contributed by atoms with Crippen LogP contribution in [0, 0.1) is 0 Å². The van der Waals surface area contributed by atoms with Gasteiger partial charge in [0.15, 0.2) is 0 Å². The Morgan fingerprint density at radius 2 is 1.17 bits per heavy atom. The van der Waals surface area contributed by atoms with Crippen molar-refractivity contribution >= 4 is 58.3 Å². The zero-order valence-electron chi connectivity index (χ0n) is 13.7. The van der Waals surface area contributed by atoms with Crippen LogP contribution in [0.15, 0.2) is 24.3 Å². The SMILES string of the molecule is CN(C)C(=O)OC(=S)Nc1ccccc1NC(=S)OC(=O)N(C)C. The summed E-state index contributed by atoms with van der Waals surface area (Å²) >= 11 is 9.95. The maximum Gasteiger partial charge on any atom is 0.416 e. The number of amides is 2. The highest BCUT2D eigenvalue weighted by molar-refractivity contribution is 7.80. The molecule has 130 valence electrons. The zero-order chi connectivity index (χ0) is 18.3. The van der Waals surface area contributed by atoms with Crippen LogP contribution in [0.5, 0.6) is 0 Å². The minimum absolute atomic E-state index is 0.126. The number of nitrogens with one attached hydrogen (secondary N) is 2. The van der Waals surface area contributed by atoms with E-state index in [1.807, 2.05) is 0 Å². The van der Waals surface area contributed by atoms with Crippen molar-refractivity contribution < 1.29 is 19.1 Å². The van der Waals surface area contributed by atoms with Crippen molar-refractivity contribution in [2.75, 3.05) is 38.8 Å². The number of nitrogens with zero attached hydrogens (tertiary/aromatic N) is 2. The first-order valence-corrected chi connectivity index (χ1v) is 7.51. The van der Waals surface area contributed by atoms with Crippen molar-refractivity contribution in [3.05, 3.63) is 24.3 Å². The molecule has 0 fully saturated rings. The molecule has 1 aromatic carbocycles. The minimum atomic E-state index is -0.603. The Morgan fingerprint density at radius 3 is 1.46 bits per heavy atom. The van der Waals surface area contributed by atoms with Crippen LogP contribution >= 0.6 is 24.4 Å². The molecule has 1 rings (SSSR count). The number of carbonyl (C=O) groups excluding carboxylic acids is 2. The third kappa shape index (κ3) is 6.34. The molecule has 0 saturated heterocycles. The molecule has 0 bridgehead atoms. The summed E-state index contributed by atoms with van der Waals surface area (Å²) < 4.78 is 9.85. The number of thiocarbonyl (C=S) groups is 2. The van der Waals surface area contributed by atoms with Gasteiger partial charge in [-0.05, 0) is 36.6 Å². The Kier molecular flexibility index (Phi) is 7.33. The van der Waals surface area contributed by atoms with Crippen LogP contribution in [-0.2, 0) is 9.47 Å². The molecular formula is C14H18N4O4S2. The van der Waals surface area contributed by atoms with Crippen LogP contribution in [0.25, 0.3) is 0 Å². The van der Waals surface area contributed by atoms with Gasteiger partial charge in [-0.25, -0.2) is 9.59 Å². The molecule has 0 heterocycles. The van der Waals surface area contributed by atoms with Gasteiger partial charge in [0.2, 0.25) is 0 Å². The Morgan fingerprint density at radius 1 is 0.833 bits per heavy atom. The number of rotatable bonds is 2. The fraction of sp³-hybridized carbons (Fsp3) is 0.286. The normalized spacial score (nSPS) is 9.50. The number of carbonyl (C=O) groups is 2. The molecule has 0 saturated carbocycles. The standard InChI is InChI=1S/C14H18N4O4S2/c1-17(2)13(19)21-11(23)15-9-7-5-6-8-10(9)16-12(24)22-14(20)18(3)4/h5-8H,1-4H3,(H,15,23)(H,16,24). The van der Waals surface area contributed by atoms with Crippen molar-refractivity contribution in [1.82, 2.24) is 9.80 Å². The second-order valence-electron chi connectivity index (χ2n) is 4.90. The van der Waals surface area contributed by atoms with E-state index >= 15 is 0 Å². The fourth-order valence-electron chi connectivity index (χ4n) is 1.31. The van der Waals surface area contributed by atoms with Crippen LogP contribution in [-0.4, -0.2) is 60.5 Å². The van der Waals surface area contributed by atoms with E-state index in [4.69, 9.17) is 33.9 Å². The van der Waals surface area contributed by atoms with Crippen molar-refractivity contribution in [1.29, 1.82) is 0 Å². The molecule has 8 nitrogen and oxygen atoms in total. The van der Waals surface area contributed by atoms with Crippen LogP contribution in [0.2, 0.25) is 0 Å². The lowest BCUT2D eigenvalue weighted by molar-refractivity contribution is 0.169. The third-order valence-corrected chi connectivity index (χ3v) is 2.86. The summed E-state index contributed by atoms with van der Waals surface area (Å²) in [6, 6.07) is 6.88. The Hall–Kier alpha value is -2.46. The van der Waals surface area contributed by atoms with E-state index in [1.165, 1.54) is 38.0 Å². The monoisotopic (exact) mass is 370 g/mol. The third-order valence-electron chi connectivity index (χ3n) is 2.49. The zero-order valence-corrected chi connectivity index (χ0v) is 15.3. The largest absolute Gasteiger partial charge is 0.416 e. The van der Waals surface area contributed by atoms with Crippen LogP contribution in [0.4, 0.5) is 21.0 Å². The molecule has 24 heavy (non-hydrogen) atoms. The Labute approximate surface area is 150 Å². The highest BCUT2D eigenvalue weighted by atomic mass is 32.1. The predicted octanol–water partition coefficient (Wildman–Crippen LogP) is 2.48. The van der Waals surface area contributed by atoms with E-state index in [0.717, 1.165) is 0 Å². The van der Waals surface area contributed by atoms with Gasteiger partial charge in [0, 0.05) is 28.2 Å². The lowest BCUT2D eigenvalue weighted by atomic mass is 10.2. The Bertz CT molecular complexity index is 594. The molecule has 0 radical (unpaired) electrons. The quantitative estimate of drug-likeness (QED) is 0.769. The molecule has 2 N–H and O–H groups in total. The highest BCUT2D eigenvalue weighted by Crippen LogP contribution is 2.21. The van der Waals surface area contributed by atoms with Gasteiger partial charge < -0.3 is 29.9 Å². The van der Waals surface area contributed by atoms with Gasteiger partial charge in [0.1, 0.15) is 0 Å². The first kappa shape index (κ1) is 19.6. The van der Waals surface area contributed by atoms with Gasteiger partial charge >= 0.3 is 12.2 Å². The van der Waals surface area contributed by atoms with E-state index in [-0.39, 0.29) is 10.3 Å². The summed E-state index contributed by atoms with van der Waals surface area (Å²) in [7, 11) is 6.16. The van der Waals surface area contributed by atoms with E-state index < -0.39 is 12.2 Å². The number of hydrogen-bond acceptors (Lipinski definition) is 6. The summed E-state index contributed by atoms with van der Waals surface area (Å²) in [5, 5.41) is 5.28. The van der Waals surface area contributed by atoms with Crippen LogP contribution in [0.3, 0.4) is 0 Å². The molecule has 0 unspecified atom stereocenters. The van der Waals surface area contributed by atoms with Gasteiger partial charge in [0.05, 0.1) is 11.4 Å². The number of para-hydroxylation sites is 2. The highest BCUT2D eigenvalue weighted by Gasteiger charge is 2.13. The number of benzene rings is 1. The van der Waals surface area contributed by atoms with Gasteiger partial charge in [0.25, 0.3) is 10.3 Å². The topological polar surface area (TPSA) is 83.1 Å². The maximum atomic E-state index is 11.5. The molecule has 1 aromatic rings. The molecule has 0 spiro atoms. The fourth-order valence-corrected chi connectivity index (χ4v) is 1.68. The Balaban J connectivity index is 2.74. The predicted molar refractivity (Wildman–Crippen MR) is 99.2 cm³/mol. The average molecular weight is 370 g/mol. The average Bonchev–Trinajstić information content (AvgIpc) is 2.48. The summed E-state index contributed by atoms with van der Waals surface area (Å²) in [6.45, 7) is 0. The summed E-state index contributed by atoms with van der Waals surface area (Å²) in [6.07, 6.45) is -1.21. The van der Waals surface area contributed by atoms with Crippen LogP contribution in [0.1, 0.15) is 0 Å². The molecule has 0 aliphatic carbocycles. The van der Waals surface area contributed by atoms with Crippen molar-refractivity contribution in [3.63, 3.8) is 0 Å². The van der Waals surface area contributed by atoms with E-state index in [1.54, 1.807) is 24.3 Å². The van der Waals surface area contributed by atoms with Crippen LogP contribution < -0.4 is 10.6 Å².